The van der Waals surface area contributed by atoms with E-state index in [1.165, 1.54) is 4.90 Å². The van der Waals surface area contributed by atoms with Gasteiger partial charge in [-0.25, -0.2) is 18.4 Å². The van der Waals surface area contributed by atoms with Gasteiger partial charge in [-0.3, -0.25) is 9.89 Å². The van der Waals surface area contributed by atoms with Crippen LogP contribution < -0.4 is 0 Å². The minimum Gasteiger partial charge on any atom is -0.480 e. The third-order valence-corrected chi connectivity index (χ3v) is 6.94. The van der Waals surface area contributed by atoms with Gasteiger partial charge in [-0.2, -0.15) is 5.10 Å². The van der Waals surface area contributed by atoms with E-state index in [2.05, 4.69) is 10.2 Å². The van der Waals surface area contributed by atoms with Gasteiger partial charge < -0.3 is 15.1 Å². The number of H-pyrrole nitrogens is 1. The number of amides is 1. The van der Waals surface area contributed by atoms with Crippen LogP contribution in [0, 0.1) is 18.6 Å². The monoisotopic (exact) mass is 567 g/mol. The summed E-state index contributed by atoms with van der Waals surface area (Å²) in [5.74, 6) is -4.42. The van der Waals surface area contributed by atoms with Crippen LogP contribution in [0.15, 0.2) is 66.9 Å². The number of carbonyl (C=O) groups excluding carboxylic acids is 1. The number of rotatable bonds is 6. The molecule has 206 valence electrons. The summed E-state index contributed by atoms with van der Waals surface area (Å²) < 4.78 is 28.5. The van der Waals surface area contributed by atoms with Crippen LogP contribution >= 0.6 is 11.6 Å². The zero-order valence-corrected chi connectivity index (χ0v) is 22.0. The van der Waals surface area contributed by atoms with E-state index < -0.39 is 35.5 Å². The molecule has 4 aromatic rings. The number of hydrogen-bond donors (Lipinski definition) is 3. The number of fused-ring (bicyclic) bond motifs is 1. The second-order valence-corrected chi connectivity index (χ2v) is 9.49. The third-order valence-electron chi connectivity index (χ3n) is 6.65. The highest BCUT2D eigenvalue weighted by molar-refractivity contribution is 6.31. The first kappa shape index (κ1) is 28.4. The first-order valence-electron chi connectivity index (χ1n) is 12.2. The highest BCUT2D eigenvalue weighted by Crippen LogP contribution is 2.32. The summed E-state index contributed by atoms with van der Waals surface area (Å²) >= 11 is 5.75. The molecule has 0 spiro atoms. The number of carboxylic acid groups (broad SMARTS) is 2. The number of nitrogens with zero attached hydrogens (tertiary/aromatic N) is 2. The van der Waals surface area contributed by atoms with Gasteiger partial charge >= 0.3 is 11.9 Å². The largest absolute Gasteiger partial charge is 0.480 e. The Morgan fingerprint density at radius 2 is 1.82 bits per heavy atom. The summed E-state index contributed by atoms with van der Waals surface area (Å²) in [7, 11) is 0. The maximum absolute atomic E-state index is 14.4. The first-order valence-corrected chi connectivity index (χ1v) is 12.5. The highest BCUT2D eigenvalue weighted by atomic mass is 35.5. The van der Waals surface area contributed by atoms with Crippen LogP contribution in [0.25, 0.3) is 16.5 Å². The van der Waals surface area contributed by atoms with E-state index in [1.807, 2.05) is 19.1 Å². The Morgan fingerprint density at radius 3 is 2.45 bits per heavy atom. The number of carboxylic acids is 2. The lowest BCUT2D eigenvalue weighted by Crippen LogP contribution is -2.47. The molecule has 1 aliphatic rings. The topological polar surface area (TPSA) is 124 Å². The average Bonchev–Trinajstić information content (AvgIpc) is 3.42. The molecule has 0 bridgehead atoms. The van der Waals surface area contributed by atoms with E-state index in [4.69, 9.17) is 16.7 Å². The van der Waals surface area contributed by atoms with Crippen molar-refractivity contribution in [1.82, 2.24) is 15.1 Å². The van der Waals surface area contributed by atoms with E-state index in [0.717, 1.165) is 40.2 Å². The quantitative estimate of drug-likeness (QED) is 0.264. The van der Waals surface area contributed by atoms with Gasteiger partial charge in [-0.15, -0.1) is 0 Å². The molecule has 1 aliphatic heterocycles. The summed E-state index contributed by atoms with van der Waals surface area (Å²) in [6, 6.07) is 13.0. The molecule has 0 saturated carbocycles. The fourth-order valence-electron chi connectivity index (χ4n) is 4.52. The molecule has 1 amide bonds. The van der Waals surface area contributed by atoms with Crippen LogP contribution in [0.2, 0.25) is 5.02 Å². The van der Waals surface area contributed by atoms with Crippen LogP contribution in [0.3, 0.4) is 0 Å². The number of carbonyl (C=O) groups is 3. The number of aryl methyl sites for hydroxylation is 1. The fourth-order valence-corrected chi connectivity index (χ4v) is 4.68. The van der Waals surface area contributed by atoms with Gasteiger partial charge in [0.25, 0.3) is 0 Å². The molecular formula is C29H24ClF2N3O5. The molecular weight excluding hydrogens is 544 g/mol. The Morgan fingerprint density at radius 1 is 1.10 bits per heavy atom. The summed E-state index contributed by atoms with van der Waals surface area (Å²) in [6.07, 6.45) is 2.95. The molecule has 0 aliphatic carbocycles. The first-order chi connectivity index (χ1) is 19.1. The number of aliphatic carboxylic acids is 1. The maximum Gasteiger partial charge on any atom is 0.335 e. The zero-order valence-electron chi connectivity index (χ0n) is 21.2. The van der Waals surface area contributed by atoms with Crippen molar-refractivity contribution >= 4 is 45.9 Å². The standard InChI is InChI=1S/C22H18ClF2N3O3.C7H6O2/c1-11-12(2-3-14-10-26-27-21(11)14)8-17(22(30)31)28-7-6-13(9-18(28)29)19-16(24)5-4-15(23)20(19)25;8-7(9)6-4-2-1-3-5-6/h2-5,9-10,17H,6-8H2,1H3,(H,26,27)(H,30,31);1-5H,(H,8,9)/t17-;/m0./s1. The second-order valence-electron chi connectivity index (χ2n) is 9.08. The minimum atomic E-state index is -1.16. The van der Waals surface area contributed by atoms with Crippen LogP contribution in [0.4, 0.5) is 8.78 Å². The van der Waals surface area contributed by atoms with Gasteiger partial charge in [0.15, 0.2) is 5.82 Å². The van der Waals surface area contributed by atoms with Crippen molar-refractivity contribution in [2.75, 3.05) is 6.54 Å². The van der Waals surface area contributed by atoms with Crippen molar-refractivity contribution in [2.45, 2.75) is 25.8 Å². The summed E-state index contributed by atoms with van der Waals surface area (Å²) in [5.41, 5.74) is 2.55. The van der Waals surface area contributed by atoms with Crippen molar-refractivity contribution in [1.29, 1.82) is 0 Å². The third kappa shape index (κ3) is 6.02. The molecule has 0 saturated heterocycles. The van der Waals surface area contributed by atoms with Gasteiger partial charge in [0.1, 0.15) is 11.9 Å². The van der Waals surface area contributed by atoms with Crippen molar-refractivity contribution in [2.24, 2.45) is 0 Å². The Balaban J connectivity index is 0.000000350. The summed E-state index contributed by atoms with van der Waals surface area (Å²) in [6.45, 7) is 1.87. The van der Waals surface area contributed by atoms with Crippen LogP contribution in [-0.4, -0.2) is 55.7 Å². The molecule has 3 N–H and O–H groups in total. The molecule has 11 heteroatoms. The number of aromatic nitrogens is 2. The van der Waals surface area contributed by atoms with Crippen molar-refractivity contribution in [3.8, 4) is 0 Å². The summed E-state index contributed by atoms with van der Waals surface area (Å²) in [5, 5.41) is 25.7. The molecule has 0 unspecified atom stereocenters. The van der Waals surface area contributed by atoms with E-state index in [9.17, 15) is 28.3 Å². The molecule has 5 rings (SSSR count). The second kappa shape index (κ2) is 12.1. The van der Waals surface area contributed by atoms with Crippen molar-refractivity contribution in [3.63, 3.8) is 0 Å². The van der Waals surface area contributed by atoms with Gasteiger partial charge in [0, 0.05) is 24.4 Å². The van der Waals surface area contributed by atoms with E-state index >= 15 is 0 Å². The molecule has 1 atom stereocenters. The van der Waals surface area contributed by atoms with E-state index in [-0.39, 0.29) is 35.5 Å². The van der Waals surface area contributed by atoms with Gasteiger partial charge in [0.05, 0.1) is 27.9 Å². The molecule has 0 fully saturated rings. The van der Waals surface area contributed by atoms with Gasteiger partial charge in [-0.05, 0) is 54.3 Å². The zero-order chi connectivity index (χ0) is 29.0. The highest BCUT2D eigenvalue weighted by Gasteiger charge is 2.33. The predicted molar refractivity (Wildman–Crippen MR) is 145 cm³/mol. The van der Waals surface area contributed by atoms with Crippen molar-refractivity contribution in [3.05, 3.63) is 106 Å². The van der Waals surface area contributed by atoms with Crippen molar-refractivity contribution < 1.29 is 33.4 Å². The molecule has 2 heterocycles. The number of benzene rings is 3. The normalized spacial score (nSPS) is 13.8. The Labute approximate surface area is 232 Å². The minimum absolute atomic E-state index is 0.0123. The summed E-state index contributed by atoms with van der Waals surface area (Å²) in [4.78, 5) is 36.2. The van der Waals surface area contributed by atoms with Gasteiger partial charge in [0.2, 0.25) is 5.91 Å². The maximum atomic E-state index is 14.4. The van der Waals surface area contributed by atoms with Gasteiger partial charge in [-0.1, -0.05) is 41.9 Å². The predicted octanol–water partition coefficient (Wildman–Crippen LogP) is 5.50. The SMILES string of the molecule is Cc1c(C[C@@H](C(=O)O)N2CCC(c3c(F)ccc(Cl)c3F)=CC2=O)ccc2cn[nH]c12.O=C(O)c1ccccc1. The van der Waals surface area contributed by atoms with Crippen LogP contribution in [0.5, 0.6) is 0 Å². The van der Waals surface area contributed by atoms with Crippen LogP contribution in [-0.2, 0) is 16.0 Å². The molecule has 3 aromatic carbocycles. The number of hydrogen-bond acceptors (Lipinski definition) is 4. The van der Waals surface area contributed by atoms with E-state index in [0.29, 0.717) is 5.56 Å². The smallest absolute Gasteiger partial charge is 0.335 e. The number of halogens is 3. The number of aromatic carboxylic acids is 1. The fraction of sp³-hybridized carbons (Fsp3) is 0.172. The average molecular weight is 568 g/mol. The molecule has 1 aromatic heterocycles. The molecule has 0 radical (unpaired) electrons. The Hall–Kier alpha value is -4.57. The number of nitrogens with one attached hydrogen (secondary N) is 1. The molecule has 8 nitrogen and oxygen atoms in total. The van der Waals surface area contributed by atoms with Crippen LogP contribution in [0.1, 0.15) is 33.5 Å². The lowest BCUT2D eigenvalue weighted by molar-refractivity contribution is -0.148. The Kier molecular flexibility index (Phi) is 8.59. The van der Waals surface area contributed by atoms with E-state index in [1.54, 1.807) is 36.5 Å². The molecule has 40 heavy (non-hydrogen) atoms. The Bertz CT molecular complexity index is 1620. The number of aromatic amines is 1. The lowest BCUT2D eigenvalue weighted by Gasteiger charge is -2.32. The lowest BCUT2D eigenvalue weighted by atomic mass is 9.94.